The number of carbonyl (C=O) groups excluding carboxylic acids is 4. The quantitative estimate of drug-likeness (QED) is 0.0418. The SMILES string of the molecule is C=CC(=O)OCCNC(=O)NCc1c2ccccc2cc2cc(CC(=C)C(=O)OCCNC(=O)NCc3cccc4cc5ccccc5cc34)ccc12. The number of hydrogen-bond acceptors (Lipinski definition) is 6. The molecule has 10 heteroatoms. The van der Waals surface area contributed by atoms with Crippen LogP contribution in [-0.4, -0.2) is 50.3 Å². The molecule has 0 bridgehead atoms. The maximum atomic E-state index is 12.8. The Balaban J connectivity index is 0.988. The van der Waals surface area contributed by atoms with Gasteiger partial charge in [0.25, 0.3) is 0 Å². The van der Waals surface area contributed by atoms with Gasteiger partial charge in [0.05, 0.1) is 13.1 Å². The van der Waals surface area contributed by atoms with Gasteiger partial charge >= 0.3 is 24.0 Å². The first-order valence-corrected chi connectivity index (χ1v) is 17.3. The van der Waals surface area contributed by atoms with Gasteiger partial charge in [0.2, 0.25) is 0 Å². The van der Waals surface area contributed by atoms with Crippen LogP contribution < -0.4 is 21.3 Å². The third kappa shape index (κ3) is 9.17. The number of hydrogen-bond donors (Lipinski definition) is 4. The van der Waals surface area contributed by atoms with Gasteiger partial charge in [0.1, 0.15) is 13.2 Å². The molecule has 0 fully saturated rings. The molecule has 0 saturated heterocycles. The Bertz CT molecular complexity index is 2370. The van der Waals surface area contributed by atoms with E-state index in [-0.39, 0.29) is 50.9 Å². The van der Waals surface area contributed by atoms with E-state index in [0.29, 0.717) is 6.54 Å². The number of benzene rings is 6. The summed E-state index contributed by atoms with van der Waals surface area (Å²) in [6.45, 7) is 8.25. The fourth-order valence-electron chi connectivity index (χ4n) is 6.28. The van der Waals surface area contributed by atoms with Gasteiger partial charge in [-0.1, -0.05) is 98.1 Å². The van der Waals surface area contributed by atoms with Crippen molar-refractivity contribution in [2.75, 3.05) is 26.3 Å². The average molecular weight is 709 g/mol. The Hall–Kier alpha value is -6.68. The number of fused-ring (bicyclic) bond motifs is 4. The molecule has 4 amide bonds. The standard InChI is InChI=1S/C43H40N4O6/c1-3-40(48)52-19-17-44-43(51)47-27-39-36-14-7-6-11-32(36)24-35-22-29(15-16-37(35)39)21-28(2)41(49)53-20-18-45-42(50)46-26-34-13-8-12-33-23-30-9-4-5-10-31(30)25-38(33)34/h3-16,22-25H,1-2,17-21,26-27H2,(H2,44,47,51)(H2,45,46,50). The number of ether oxygens (including phenoxy) is 2. The lowest BCUT2D eigenvalue weighted by molar-refractivity contribution is -0.139. The van der Waals surface area contributed by atoms with E-state index >= 15 is 0 Å². The first-order valence-electron chi connectivity index (χ1n) is 17.3. The molecular weight excluding hydrogens is 668 g/mol. The molecule has 0 aromatic heterocycles. The van der Waals surface area contributed by atoms with E-state index in [1.807, 2.05) is 66.7 Å². The van der Waals surface area contributed by atoms with Crippen molar-refractivity contribution in [3.63, 3.8) is 0 Å². The fourth-order valence-corrected chi connectivity index (χ4v) is 6.28. The van der Waals surface area contributed by atoms with Crippen molar-refractivity contribution in [3.8, 4) is 0 Å². The second kappa shape index (κ2) is 17.0. The van der Waals surface area contributed by atoms with Gasteiger partial charge in [-0.3, -0.25) is 0 Å². The zero-order valence-electron chi connectivity index (χ0n) is 29.2. The summed E-state index contributed by atoms with van der Waals surface area (Å²) >= 11 is 0. The van der Waals surface area contributed by atoms with Crippen LogP contribution in [0.15, 0.2) is 128 Å². The van der Waals surface area contributed by atoms with Crippen molar-refractivity contribution in [3.05, 3.63) is 145 Å². The Morgan fingerprint density at radius 2 is 1.19 bits per heavy atom. The highest BCUT2D eigenvalue weighted by Gasteiger charge is 2.14. The number of rotatable bonds is 14. The van der Waals surface area contributed by atoms with Crippen LogP contribution in [0.5, 0.6) is 0 Å². The Kier molecular flexibility index (Phi) is 11.6. The molecule has 4 N–H and O–H groups in total. The third-order valence-electron chi connectivity index (χ3n) is 8.87. The summed E-state index contributed by atoms with van der Waals surface area (Å²) in [5, 5.41) is 19.6. The van der Waals surface area contributed by atoms with E-state index in [0.717, 1.165) is 65.9 Å². The highest BCUT2D eigenvalue weighted by molar-refractivity contribution is 6.03. The minimum absolute atomic E-state index is 0.000844. The molecule has 10 nitrogen and oxygen atoms in total. The van der Waals surface area contributed by atoms with Crippen LogP contribution in [0, 0.1) is 0 Å². The van der Waals surface area contributed by atoms with Crippen LogP contribution in [0.1, 0.15) is 16.7 Å². The van der Waals surface area contributed by atoms with E-state index in [9.17, 15) is 19.2 Å². The van der Waals surface area contributed by atoms with Crippen LogP contribution in [0.25, 0.3) is 43.1 Å². The molecular formula is C43H40N4O6. The zero-order valence-corrected chi connectivity index (χ0v) is 29.2. The molecule has 0 unspecified atom stereocenters. The minimum Gasteiger partial charge on any atom is -0.461 e. The molecule has 0 aliphatic heterocycles. The molecule has 6 aromatic rings. The van der Waals surface area contributed by atoms with E-state index in [1.165, 1.54) is 0 Å². The van der Waals surface area contributed by atoms with Crippen molar-refractivity contribution >= 4 is 67.1 Å². The predicted octanol–water partition coefficient (Wildman–Crippen LogP) is 6.97. The van der Waals surface area contributed by atoms with Gasteiger partial charge in [0.15, 0.2) is 0 Å². The zero-order chi connectivity index (χ0) is 37.2. The van der Waals surface area contributed by atoms with Crippen LogP contribution in [0.2, 0.25) is 0 Å². The van der Waals surface area contributed by atoms with Crippen LogP contribution in [-0.2, 0) is 38.6 Å². The molecule has 268 valence electrons. The van der Waals surface area contributed by atoms with Crippen LogP contribution in [0.3, 0.4) is 0 Å². The third-order valence-corrected chi connectivity index (χ3v) is 8.87. The molecule has 0 radical (unpaired) electrons. The van der Waals surface area contributed by atoms with Gasteiger partial charge in [-0.05, 0) is 78.0 Å². The highest BCUT2D eigenvalue weighted by Crippen LogP contribution is 2.30. The number of carbonyl (C=O) groups is 4. The second-order valence-electron chi connectivity index (χ2n) is 12.5. The normalized spacial score (nSPS) is 10.9. The Morgan fingerprint density at radius 3 is 1.94 bits per heavy atom. The van der Waals surface area contributed by atoms with Gasteiger partial charge in [-0.15, -0.1) is 0 Å². The Morgan fingerprint density at radius 1 is 0.585 bits per heavy atom. The summed E-state index contributed by atoms with van der Waals surface area (Å²) in [4.78, 5) is 49.0. The number of nitrogens with one attached hydrogen (secondary N) is 4. The summed E-state index contributed by atoms with van der Waals surface area (Å²) in [7, 11) is 0. The monoisotopic (exact) mass is 708 g/mol. The van der Waals surface area contributed by atoms with Gasteiger partial charge in [0, 0.05) is 31.2 Å². The number of esters is 2. The first kappa shape index (κ1) is 36.1. The van der Waals surface area contributed by atoms with Crippen LogP contribution >= 0.6 is 0 Å². The van der Waals surface area contributed by atoms with Crippen molar-refractivity contribution in [2.45, 2.75) is 19.5 Å². The smallest absolute Gasteiger partial charge is 0.333 e. The van der Waals surface area contributed by atoms with E-state index in [4.69, 9.17) is 9.47 Å². The van der Waals surface area contributed by atoms with Crippen molar-refractivity contribution in [1.82, 2.24) is 21.3 Å². The van der Waals surface area contributed by atoms with Gasteiger partial charge < -0.3 is 30.7 Å². The lowest BCUT2D eigenvalue weighted by Gasteiger charge is -2.14. The molecule has 0 aliphatic carbocycles. The molecule has 0 spiro atoms. The van der Waals surface area contributed by atoms with Crippen LogP contribution in [0.4, 0.5) is 9.59 Å². The highest BCUT2D eigenvalue weighted by atomic mass is 16.5. The average Bonchev–Trinajstić information content (AvgIpc) is 3.17. The largest absolute Gasteiger partial charge is 0.461 e. The summed E-state index contributed by atoms with van der Waals surface area (Å²) in [6, 6.07) is 33.7. The number of urea groups is 2. The van der Waals surface area contributed by atoms with E-state index in [1.54, 1.807) is 0 Å². The fraction of sp³-hybridized carbons (Fsp3) is 0.163. The van der Waals surface area contributed by atoms with E-state index in [2.05, 4.69) is 70.8 Å². The molecule has 6 rings (SSSR count). The molecule has 0 aliphatic rings. The summed E-state index contributed by atoms with van der Waals surface area (Å²) in [5.41, 5.74) is 3.11. The second-order valence-corrected chi connectivity index (χ2v) is 12.5. The number of amides is 4. The Labute approximate surface area is 306 Å². The summed E-state index contributed by atoms with van der Waals surface area (Å²) in [6.07, 6.45) is 1.35. The molecule has 53 heavy (non-hydrogen) atoms. The summed E-state index contributed by atoms with van der Waals surface area (Å²) in [5.74, 6) is -1.09. The summed E-state index contributed by atoms with van der Waals surface area (Å²) < 4.78 is 10.3. The molecule has 0 heterocycles. The van der Waals surface area contributed by atoms with Gasteiger partial charge in [-0.2, -0.15) is 0 Å². The predicted molar refractivity (Wildman–Crippen MR) is 208 cm³/mol. The minimum atomic E-state index is -0.550. The maximum absolute atomic E-state index is 12.8. The maximum Gasteiger partial charge on any atom is 0.333 e. The lowest BCUT2D eigenvalue weighted by Crippen LogP contribution is -2.37. The van der Waals surface area contributed by atoms with E-state index < -0.39 is 18.0 Å². The lowest BCUT2D eigenvalue weighted by atomic mass is 9.94. The van der Waals surface area contributed by atoms with Crippen molar-refractivity contribution in [2.24, 2.45) is 0 Å². The van der Waals surface area contributed by atoms with Crippen molar-refractivity contribution in [1.29, 1.82) is 0 Å². The molecule has 6 aromatic carbocycles. The van der Waals surface area contributed by atoms with Crippen molar-refractivity contribution < 1.29 is 28.7 Å². The first-order chi connectivity index (χ1) is 25.8. The van der Waals surface area contributed by atoms with Gasteiger partial charge in [-0.25, -0.2) is 19.2 Å². The topological polar surface area (TPSA) is 135 Å². The molecule has 0 saturated carbocycles. The molecule has 0 atom stereocenters.